The molecule has 2 heteroatoms. The largest absolute Gasteiger partial charge is 0.133 e. The highest BCUT2D eigenvalue weighted by Crippen LogP contribution is 2.19. The molecule has 0 heterocycles. The van der Waals surface area contributed by atoms with E-state index in [1.165, 1.54) is 5.90 Å². The smallest absolute Gasteiger partial charge is 0.0201 e. The number of rotatable bonds is 2. The monoisotopic (exact) mass is 122 g/mol. The predicted octanol–water partition coefficient (Wildman–Crippen LogP) is 1.91. The zero-order valence-electron chi connectivity index (χ0n) is 4.36. The standard InChI is InChI=1S/C4H12P2/c1-4(2)6-3-5/h4,6H,3,5H2,1-2H3. The van der Waals surface area contributed by atoms with E-state index in [1.54, 1.807) is 0 Å². The summed E-state index contributed by atoms with van der Waals surface area (Å²) in [6.45, 7) is 4.50. The van der Waals surface area contributed by atoms with Crippen LogP contribution in [0.15, 0.2) is 0 Å². The van der Waals surface area contributed by atoms with Crippen LogP contribution in [0.2, 0.25) is 0 Å². The van der Waals surface area contributed by atoms with Gasteiger partial charge in [-0.15, -0.1) is 17.8 Å². The Balaban J connectivity index is 2.63. The lowest BCUT2D eigenvalue weighted by Gasteiger charge is -1.96. The van der Waals surface area contributed by atoms with Gasteiger partial charge in [0.25, 0.3) is 0 Å². The van der Waals surface area contributed by atoms with Gasteiger partial charge in [-0.1, -0.05) is 13.8 Å². The SMILES string of the molecule is CC(C)PCP. The molecule has 0 saturated carbocycles. The molecule has 0 aromatic carbocycles. The van der Waals surface area contributed by atoms with E-state index in [9.17, 15) is 0 Å². The minimum Gasteiger partial charge on any atom is -0.133 e. The van der Waals surface area contributed by atoms with E-state index in [-0.39, 0.29) is 0 Å². The first-order valence-electron chi connectivity index (χ1n) is 2.21. The molecule has 2 unspecified atom stereocenters. The molecule has 0 amide bonds. The van der Waals surface area contributed by atoms with Crippen LogP contribution in [-0.4, -0.2) is 11.6 Å². The van der Waals surface area contributed by atoms with Crippen molar-refractivity contribution in [3.63, 3.8) is 0 Å². The fourth-order valence-corrected chi connectivity index (χ4v) is 2.12. The summed E-state index contributed by atoms with van der Waals surface area (Å²) in [5.74, 6) is 1.28. The first kappa shape index (κ1) is 6.86. The summed E-state index contributed by atoms with van der Waals surface area (Å²) in [5, 5.41) is 0. The van der Waals surface area contributed by atoms with Crippen LogP contribution in [0.3, 0.4) is 0 Å². The van der Waals surface area contributed by atoms with Crippen molar-refractivity contribution in [2.75, 3.05) is 5.90 Å². The summed E-state index contributed by atoms with van der Waals surface area (Å²) >= 11 is 0. The first-order valence-corrected chi connectivity index (χ1v) is 4.31. The van der Waals surface area contributed by atoms with Crippen molar-refractivity contribution < 1.29 is 0 Å². The van der Waals surface area contributed by atoms with Crippen molar-refractivity contribution in [1.29, 1.82) is 0 Å². The highest BCUT2D eigenvalue weighted by atomic mass is 31.1. The molecule has 0 aliphatic carbocycles. The van der Waals surface area contributed by atoms with Crippen molar-refractivity contribution in [3.05, 3.63) is 0 Å². The summed E-state index contributed by atoms with van der Waals surface area (Å²) in [7, 11) is 3.87. The van der Waals surface area contributed by atoms with Gasteiger partial charge in [0.05, 0.1) is 0 Å². The molecule has 0 aromatic heterocycles. The van der Waals surface area contributed by atoms with Crippen molar-refractivity contribution in [2.24, 2.45) is 0 Å². The van der Waals surface area contributed by atoms with Gasteiger partial charge in [-0.2, -0.15) is 0 Å². The Morgan fingerprint density at radius 2 is 2.17 bits per heavy atom. The first-order chi connectivity index (χ1) is 2.77. The fourth-order valence-electron chi connectivity index (χ4n) is 0.236. The van der Waals surface area contributed by atoms with Crippen molar-refractivity contribution in [2.45, 2.75) is 19.5 Å². The maximum absolute atomic E-state index is 2.74. The van der Waals surface area contributed by atoms with Gasteiger partial charge in [-0.3, -0.25) is 0 Å². The Morgan fingerprint density at radius 1 is 1.67 bits per heavy atom. The quantitative estimate of drug-likeness (QED) is 0.491. The molecular weight excluding hydrogens is 110 g/mol. The topological polar surface area (TPSA) is 0 Å². The molecule has 0 rings (SSSR count). The van der Waals surface area contributed by atoms with Crippen LogP contribution < -0.4 is 0 Å². The molecule has 0 N–H and O–H groups in total. The number of hydrogen-bond acceptors (Lipinski definition) is 0. The van der Waals surface area contributed by atoms with Gasteiger partial charge in [0, 0.05) is 0 Å². The van der Waals surface area contributed by atoms with E-state index in [4.69, 9.17) is 0 Å². The molecule has 0 bridgehead atoms. The lowest BCUT2D eigenvalue weighted by Crippen LogP contribution is -1.79. The van der Waals surface area contributed by atoms with E-state index < -0.39 is 0 Å². The minimum absolute atomic E-state index is 0.905. The number of hydrogen-bond donors (Lipinski definition) is 0. The zero-order valence-corrected chi connectivity index (χ0v) is 6.52. The maximum Gasteiger partial charge on any atom is -0.0201 e. The second-order valence-electron chi connectivity index (χ2n) is 1.56. The van der Waals surface area contributed by atoms with E-state index in [0.717, 1.165) is 14.2 Å². The lowest BCUT2D eigenvalue weighted by molar-refractivity contribution is 1.11. The van der Waals surface area contributed by atoms with Gasteiger partial charge in [0.2, 0.25) is 0 Å². The minimum atomic E-state index is 0.905. The Morgan fingerprint density at radius 3 is 2.17 bits per heavy atom. The summed E-state index contributed by atoms with van der Waals surface area (Å²) in [4.78, 5) is 0. The van der Waals surface area contributed by atoms with Gasteiger partial charge < -0.3 is 0 Å². The third-order valence-corrected chi connectivity index (χ3v) is 2.29. The lowest BCUT2D eigenvalue weighted by atomic mass is 10.6. The second-order valence-corrected chi connectivity index (χ2v) is 4.76. The van der Waals surface area contributed by atoms with Crippen molar-refractivity contribution >= 4 is 17.8 Å². The predicted molar refractivity (Wildman–Crippen MR) is 38.0 cm³/mol. The van der Waals surface area contributed by atoms with Crippen LogP contribution in [0, 0.1) is 0 Å². The molecule has 0 nitrogen and oxygen atoms in total. The summed E-state index contributed by atoms with van der Waals surface area (Å²) in [6, 6.07) is 0. The summed E-state index contributed by atoms with van der Waals surface area (Å²) in [5.41, 5.74) is 0.905. The molecule has 0 fully saturated rings. The van der Waals surface area contributed by atoms with Gasteiger partial charge in [0.1, 0.15) is 0 Å². The molecule has 6 heavy (non-hydrogen) atoms. The third-order valence-electron chi connectivity index (χ3n) is 0.526. The maximum atomic E-state index is 2.74. The van der Waals surface area contributed by atoms with Gasteiger partial charge in [0.15, 0.2) is 0 Å². The summed E-state index contributed by atoms with van der Waals surface area (Å²) < 4.78 is 0. The van der Waals surface area contributed by atoms with Crippen molar-refractivity contribution in [3.8, 4) is 0 Å². The fraction of sp³-hybridized carbons (Fsp3) is 1.00. The molecule has 0 aliphatic heterocycles. The molecule has 2 atom stereocenters. The molecule has 0 aromatic rings. The Bertz CT molecular complexity index is 26.7. The van der Waals surface area contributed by atoms with Crippen LogP contribution in [0.5, 0.6) is 0 Å². The molecule has 0 aliphatic rings. The molecular formula is C4H12P2. The van der Waals surface area contributed by atoms with Gasteiger partial charge in [-0.05, 0) is 11.6 Å². The Kier molecular flexibility index (Phi) is 4.61. The highest BCUT2D eigenvalue weighted by molar-refractivity contribution is 7.49. The molecule has 38 valence electrons. The Hall–Kier alpha value is 0.860. The van der Waals surface area contributed by atoms with E-state index in [0.29, 0.717) is 0 Å². The van der Waals surface area contributed by atoms with Crippen molar-refractivity contribution in [1.82, 2.24) is 0 Å². The van der Waals surface area contributed by atoms with Gasteiger partial charge in [-0.25, -0.2) is 0 Å². The van der Waals surface area contributed by atoms with Crippen LogP contribution in [0.1, 0.15) is 13.8 Å². The Labute approximate surface area is 44.1 Å². The van der Waals surface area contributed by atoms with Gasteiger partial charge >= 0.3 is 0 Å². The van der Waals surface area contributed by atoms with E-state index in [1.807, 2.05) is 0 Å². The van der Waals surface area contributed by atoms with Crippen LogP contribution in [0.4, 0.5) is 0 Å². The third kappa shape index (κ3) is 4.86. The molecule has 0 radical (unpaired) electrons. The zero-order chi connectivity index (χ0) is 4.99. The van der Waals surface area contributed by atoms with E-state index >= 15 is 0 Å². The normalized spacial score (nSPS) is 12.0. The second kappa shape index (κ2) is 4.03. The summed E-state index contributed by atoms with van der Waals surface area (Å²) in [6.07, 6.45) is 0. The van der Waals surface area contributed by atoms with Crippen LogP contribution in [-0.2, 0) is 0 Å². The van der Waals surface area contributed by atoms with Crippen LogP contribution in [0.25, 0.3) is 0 Å². The molecule has 0 saturated heterocycles. The average Bonchev–Trinajstić information content (AvgIpc) is 1.35. The van der Waals surface area contributed by atoms with E-state index in [2.05, 4.69) is 23.1 Å². The van der Waals surface area contributed by atoms with Crippen LogP contribution >= 0.6 is 17.8 Å². The molecule has 0 spiro atoms. The highest BCUT2D eigenvalue weighted by Gasteiger charge is 1.84. The average molecular weight is 122 g/mol.